The summed E-state index contributed by atoms with van der Waals surface area (Å²) in [6.45, 7) is 7.59. The van der Waals surface area contributed by atoms with Gasteiger partial charge in [0.2, 0.25) is 0 Å². The van der Waals surface area contributed by atoms with E-state index < -0.39 is 0 Å². The number of aryl methyl sites for hydroxylation is 2. The third-order valence-electron chi connectivity index (χ3n) is 3.12. The van der Waals surface area contributed by atoms with Crippen molar-refractivity contribution in [3.8, 4) is 5.75 Å². The normalized spacial score (nSPS) is 13.9. The molecule has 1 aromatic carbocycles. The van der Waals surface area contributed by atoms with Crippen molar-refractivity contribution >= 4 is 0 Å². The van der Waals surface area contributed by atoms with Crippen molar-refractivity contribution < 1.29 is 10.2 Å². The second-order valence-electron chi connectivity index (χ2n) is 5.13. The summed E-state index contributed by atoms with van der Waals surface area (Å²) < 4.78 is 0. The first-order chi connectivity index (χ1) is 7.29. The van der Waals surface area contributed by atoms with Crippen LogP contribution in [0, 0.1) is 19.3 Å². The molecule has 0 fully saturated rings. The van der Waals surface area contributed by atoms with Crippen LogP contribution in [0.4, 0.5) is 0 Å². The van der Waals surface area contributed by atoms with Gasteiger partial charge in [-0.3, -0.25) is 0 Å². The predicted molar refractivity (Wildman–Crippen MR) is 65.4 cm³/mol. The van der Waals surface area contributed by atoms with Crippen LogP contribution in [0.2, 0.25) is 0 Å². The fraction of sp³-hybridized carbons (Fsp3) is 0.538. The molecule has 0 radical (unpaired) electrons. The highest BCUT2D eigenvalue weighted by Crippen LogP contribution is 2.33. The molecule has 0 spiro atoms. The van der Waals surface area contributed by atoms with Crippen LogP contribution in [0.15, 0.2) is 12.1 Å². The second kappa shape index (κ2) is 4.44. The molecule has 0 amide bonds. The van der Waals surface area contributed by atoms with Gasteiger partial charge in [-0.2, -0.15) is 0 Å². The Balaban J connectivity index is 3.15. The highest BCUT2D eigenvalue weighted by atomic mass is 16.3. The van der Waals surface area contributed by atoms with E-state index in [0.29, 0.717) is 5.75 Å². The highest BCUT2D eigenvalue weighted by molar-refractivity contribution is 5.43. The van der Waals surface area contributed by atoms with Crippen LogP contribution in [0.5, 0.6) is 5.75 Å². The van der Waals surface area contributed by atoms with E-state index in [4.69, 9.17) is 5.73 Å². The van der Waals surface area contributed by atoms with Crippen molar-refractivity contribution in [3.63, 3.8) is 0 Å². The van der Waals surface area contributed by atoms with E-state index >= 15 is 0 Å². The van der Waals surface area contributed by atoms with Gasteiger partial charge in [-0.25, -0.2) is 0 Å². The van der Waals surface area contributed by atoms with E-state index in [1.54, 1.807) is 0 Å². The number of nitrogens with two attached hydrogens (primary N) is 1. The Kier molecular flexibility index (Phi) is 3.61. The molecule has 0 aliphatic carbocycles. The van der Waals surface area contributed by atoms with Crippen molar-refractivity contribution in [3.05, 3.63) is 28.8 Å². The van der Waals surface area contributed by atoms with Gasteiger partial charge in [0, 0.05) is 18.1 Å². The molecule has 90 valence electrons. The Morgan fingerprint density at radius 2 is 1.69 bits per heavy atom. The lowest BCUT2D eigenvalue weighted by molar-refractivity contribution is 0.132. The number of aliphatic hydroxyl groups is 1. The summed E-state index contributed by atoms with van der Waals surface area (Å²) in [6.07, 6.45) is 0. The van der Waals surface area contributed by atoms with E-state index in [0.717, 1.165) is 16.7 Å². The Hall–Kier alpha value is -1.06. The SMILES string of the molecule is Cc1cc([C@H](N)C(C)(C)CO)cc(C)c1O. The number of phenols is 1. The lowest BCUT2D eigenvalue weighted by atomic mass is 9.81. The van der Waals surface area contributed by atoms with E-state index in [1.807, 2.05) is 39.8 Å². The van der Waals surface area contributed by atoms with Gasteiger partial charge in [0.05, 0.1) is 0 Å². The van der Waals surface area contributed by atoms with Crippen molar-refractivity contribution in [2.24, 2.45) is 11.1 Å². The Bertz CT molecular complexity index is 363. The summed E-state index contributed by atoms with van der Waals surface area (Å²) in [5, 5.41) is 19.0. The summed E-state index contributed by atoms with van der Waals surface area (Å²) in [6, 6.07) is 3.52. The average Bonchev–Trinajstić information content (AvgIpc) is 2.24. The van der Waals surface area contributed by atoms with Crippen molar-refractivity contribution in [2.45, 2.75) is 33.7 Å². The topological polar surface area (TPSA) is 66.5 Å². The Morgan fingerprint density at radius 3 is 2.06 bits per heavy atom. The molecular weight excluding hydrogens is 202 g/mol. The van der Waals surface area contributed by atoms with Crippen molar-refractivity contribution in [2.75, 3.05) is 6.61 Å². The van der Waals surface area contributed by atoms with Gasteiger partial charge >= 0.3 is 0 Å². The Morgan fingerprint density at radius 1 is 1.25 bits per heavy atom. The largest absolute Gasteiger partial charge is 0.507 e. The molecule has 3 heteroatoms. The quantitative estimate of drug-likeness (QED) is 0.734. The maximum absolute atomic E-state index is 9.68. The van der Waals surface area contributed by atoms with Crippen LogP contribution in [-0.4, -0.2) is 16.8 Å². The van der Waals surface area contributed by atoms with Gasteiger partial charge in [-0.15, -0.1) is 0 Å². The zero-order valence-electron chi connectivity index (χ0n) is 10.4. The highest BCUT2D eigenvalue weighted by Gasteiger charge is 2.27. The first-order valence-electron chi connectivity index (χ1n) is 5.46. The standard InChI is InChI=1S/C13H21NO2/c1-8-5-10(6-9(2)11(8)16)12(14)13(3,4)7-15/h5-6,12,15-16H,7,14H2,1-4H3/t12-/m0/s1. The second-order valence-corrected chi connectivity index (χ2v) is 5.13. The fourth-order valence-corrected chi connectivity index (χ4v) is 1.72. The molecular formula is C13H21NO2. The van der Waals surface area contributed by atoms with E-state index in [9.17, 15) is 10.2 Å². The predicted octanol–water partition coefficient (Wildman–Crippen LogP) is 2.03. The van der Waals surface area contributed by atoms with Gasteiger partial charge < -0.3 is 15.9 Å². The number of aromatic hydroxyl groups is 1. The molecule has 0 bridgehead atoms. The molecule has 0 heterocycles. The van der Waals surface area contributed by atoms with E-state index in [1.165, 1.54) is 0 Å². The van der Waals surface area contributed by atoms with Gasteiger partial charge in [0.25, 0.3) is 0 Å². The summed E-state index contributed by atoms with van der Waals surface area (Å²) in [7, 11) is 0. The third-order valence-corrected chi connectivity index (χ3v) is 3.12. The minimum Gasteiger partial charge on any atom is -0.507 e. The molecule has 1 aromatic rings. The molecule has 1 atom stereocenters. The zero-order valence-corrected chi connectivity index (χ0v) is 10.4. The molecule has 0 aliphatic rings. The van der Waals surface area contributed by atoms with Crippen molar-refractivity contribution in [1.29, 1.82) is 0 Å². The van der Waals surface area contributed by atoms with Gasteiger partial charge in [0.1, 0.15) is 5.75 Å². The summed E-state index contributed by atoms with van der Waals surface area (Å²) in [5.41, 5.74) is 8.35. The fourth-order valence-electron chi connectivity index (χ4n) is 1.72. The molecule has 4 N–H and O–H groups in total. The minimum atomic E-state index is -0.365. The van der Waals surface area contributed by atoms with Crippen molar-refractivity contribution in [1.82, 2.24) is 0 Å². The summed E-state index contributed by atoms with van der Waals surface area (Å²) >= 11 is 0. The van der Waals surface area contributed by atoms with Crippen LogP contribution in [0.1, 0.15) is 36.6 Å². The smallest absolute Gasteiger partial charge is 0.121 e. The maximum atomic E-state index is 9.68. The maximum Gasteiger partial charge on any atom is 0.121 e. The number of benzene rings is 1. The third kappa shape index (κ3) is 2.36. The summed E-state index contributed by atoms with van der Waals surface area (Å²) in [5.74, 6) is 0.317. The first-order valence-corrected chi connectivity index (χ1v) is 5.46. The number of hydrogen-bond donors (Lipinski definition) is 3. The minimum absolute atomic E-state index is 0.0349. The molecule has 0 aromatic heterocycles. The number of aliphatic hydroxyl groups excluding tert-OH is 1. The molecule has 0 saturated carbocycles. The van der Waals surface area contributed by atoms with E-state index in [-0.39, 0.29) is 18.1 Å². The zero-order chi connectivity index (χ0) is 12.5. The lowest BCUT2D eigenvalue weighted by Gasteiger charge is -2.30. The molecule has 16 heavy (non-hydrogen) atoms. The van der Waals surface area contributed by atoms with Crippen LogP contribution >= 0.6 is 0 Å². The first kappa shape index (κ1) is 13.0. The number of phenolic OH excluding ortho intramolecular Hbond substituents is 1. The Labute approximate surface area is 96.9 Å². The number of hydrogen-bond acceptors (Lipinski definition) is 3. The number of rotatable bonds is 3. The lowest BCUT2D eigenvalue weighted by Crippen LogP contribution is -2.32. The molecule has 1 rings (SSSR count). The van der Waals surface area contributed by atoms with E-state index in [2.05, 4.69) is 0 Å². The van der Waals surface area contributed by atoms with Gasteiger partial charge in [-0.1, -0.05) is 26.0 Å². The monoisotopic (exact) mass is 223 g/mol. The van der Waals surface area contributed by atoms with Crippen LogP contribution in [0.25, 0.3) is 0 Å². The molecule has 0 saturated heterocycles. The van der Waals surface area contributed by atoms with Crippen LogP contribution in [0.3, 0.4) is 0 Å². The molecule has 3 nitrogen and oxygen atoms in total. The summed E-state index contributed by atoms with van der Waals surface area (Å²) in [4.78, 5) is 0. The molecule has 0 aliphatic heterocycles. The average molecular weight is 223 g/mol. The molecule has 0 unspecified atom stereocenters. The van der Waals surface area contributed by atoms with Gasteiger partial charge in [-0.05, 0) is 30.5 Å². The van der Waals surface area contributed by atoms with Crippen LogP contribution in [-0.2, 0) is 0 Å². The van der Waals surface area contributed by atoms with Gasteiger partial charge in [0.15, 0.2) is 0 Å². The van der Waals surface area contributed by atoms with Crippen LogP contribution < -0.4 is 5.73 Å².